The molecule has 0 fully saturated rings. The number of pyridine rings is 1. The lowest BCUT2D eigenvalue weighted by Crippen LogP contribution is -2.15. The average Bonchev–Trinajstić information content (AvgIpc) is 3.07. The summed E-state index contributed by atoms with van der Waals surface area (Å²) < 4.78 is 1.94. The highest BCUT2D eigenvalue weighted by molar-refractivity contribution is 5.98. The number of carbonyl (C=O) groups excluding carboxylic acids is 1. The van der Waals surface area contributed by atoms with Gasteiger partial charge in [0.1, 0.15) is 0 Å². The van der Waals surface area contributed by atoms with Gasteiger partial charge in [0.2, 0.25) is 0 Å². The third-order valence-electron chi connectivity index (χ3n) is 3.33. The Morgan fingerprint density at radius 3 is 2.82 bits per heavy atom. The van der Waals surface area contributed by atoms with Crippen molar-refractivity contribution in [3.05, 3.63) is 72.6 Å². The molecule has 22 heavy (non-hydrogen) atoms. The molecule has 3 N–H and O–H groups in total. The molecular weight excluding hydrogens is 278 g/mol. The molecule has 0 atom stereocenters. The fourth-order valence-corrected chi connectivity index (χ4v) is 2.25. The number of nitrogens with two attached hydrogens (primary N) is 1. The highest BCUT2D eigenvalue weighted by Crippen LogP contribution is 2.18. The molecule has 6 nitrogen and oxygen atoms in total. The van der Waals surface area contributed by atoms with Gasteiger partial charge >= 0.3 is 0 Å². The summed E-state index contributed by atoms with van der Waals surface area (Å²) in [5.41, 5.74) is 8.51. The van der Waals surface area contributed by atoms with Gasteiger partial charge in [-0.2, -0.15) is 0 Å². The van der Waals surface area contributed by atoms with Gasteiger partial charge in [-0.3, -0.25) is 9.78 Å². The van der Waals surface area contributed by atoms with Crippen molar-refractivity contribution in [1.29, 1.82) is 0 Å². The molecule has 0 saturated heterocycles. The molecule has 0 saturated carbocycles. The van der Waals surface area contributed by atoms with Gasteiger partial charge in [-0.25, -0.2) is 4.98 Å². The molecule has 110 valence electrons. The van der Waals surface area contributed by atoms with Crippen LogP contribution in [0.5, 0.6) is 0 Å². The van der Waals surface area contributed by atoms with Crippen molar-refractivity contribution in [1.82, 2.24) is 14.5 Å². The second kappa shape index (κ2) is 6.09. The minimum Gasteiger partial charge on any atom is -0.380 e. The van der Waals surface area contributed by atoms with Gasteiger partial charge in [-0.1, -0.05) is 18.2 Å². The van der Waals surface area contributed by atoms with E-state index in [0.29, 0.717) is 17.8 Å². The van der Waals surface area contributed by atoms with Gasteiger partial charge in [0.05, 0.1) is 23.3 Å². The van der Waals surface area contributed by atoms with Gasteiger partial charge < -0.3 is 15.6 Å². The molecule has 2 heterocycles. The molecule has 3 rings (SSSR count). The minimum absolute atomic E-state index is 0.377. The van der Waals surface area contributed by atoms with E-state index in [0.717, 1.165) is 11.3 Å². The summed E-state index contributed by atoms with van der Waals surface area (Å²) in [6.45, 7) is 0.554. The summed E-state index contributed by atoms with van der Waals surface area (Å²) in [7, 11) is 0. The first-order valence-corrected chi connectivity index (χ1v) is 6.79. The van der Waals surface area contributed by atoms with Gasteiger partial charge in [-0.15, -0.1) is 0 Å². The first kappa shape index (κ1) is 13.8. The highest BCUT2D eigenvalue weighted by atomic mass is 16.1. The van der Waals surface area contributed by atoms with Crippen molar-refractivity contribution in [2.75, 3.05) is 5.32 Å². The van der Waals surface area contributed by atoms with Crippen molar-refractivity contribution in [3.8, 4) is 5.69 Å². The first-order chi connectivity index (χ1) is 10.8. The summed E-state index contributed by atoms with van der Waals surface area (Å²) in [6.07, 6.45) is 8.46. The Morgan fingerprint density at radius 1 is 1.18 bits per heavy atom. The number of nitrogens with zero attached hydrogens (tertiary/aromatic N) is 3. The number of benzene rings is 1. The first-order valence-electron chi connectivity index (χ1n) is 6.79. The number of carbonyl (C=O) groups is 1. The highest BCUT2D eigenvalue weighted by Gasteiger charge is 2.09. The van der Waals surface area contributed by atoms with E-state index in [-0.39, 0.29) is 0 Å². The van der Waals surface area contributed by atoms with Crippen molar-refractivity contribution < 1.29 is 4.79 Å². The Balaban J connectivity index is 1.85. The molecule has 0 spiro atoms. The fraction of sp³-hybridized carbons (Fsp3) is 0.0625. The number of hydrogen-bond donors (Lipinski definition) is 2. The molecule has 0 aliphatic heterocycles. The number of anilines is 1. The SMILES string of the molecule is NC(=O)c1cnccc1NCc1ccccc1-n1ccnc1. The van der Waals surface area contributed by atoms with Crippen LogP contribution in [0, 0.1) is 0 Å². The minimum atomic E-state index is -0.501. The van der Waals surface area contributed by atoms with Crippen molar-refractivity contribution in [2.24, 2.45) is 5.73 Å². The van der Waals surface area contributed by atoms with Crippen LogP contribution >= 0.6 is 0 Å². The maximum absolute atomic E-state index is 11.4. The lowest BCUT2D eigenvalue weighted by molar-refractivity contribution is 0.100. The zero-order valence-corrected chi connectivity index (χ0v) is 11.8. The molecule has 1 amide bonds. The Labute approximate surface area is 127 Å². The summed E-state index contributed by atoms with van der Waals surface area (Å²) in [4.78, 5) is 19.4. The number of hydrogen-bond acceptors (Lipinski definition) is 4. The summed E-state index contributed by atoms with van der Waals surface area (Å²) >= 11 is 0. The van der Waals surface area contributed by atoms with E-state index in [1.807, 2.05) is 35.0 Å². The molecule has 0 aliphatic rings. The summed E-state index contributed by atoms with van der Waals surface area (Å²) in [5, 5.41) is 3.24. The van der Waals surface area contributed by atoms with Gasteiger partial charge in [-0.05, 0) is 17.7 Å². The Kier molecular flexibility index (Phi) is 3.82. The lowest BCUT2D eigenvalue weighted by Gasteiger charge is -2.13. The number of imidazole rings is 1. The number of para-hydroxylation sites is 1. The molecule has 3 aromatic rings. The third-order valence-corrected chi connectivity index (χ3v) is 3.33. The number of rotatable bonds is 5. The van der Waals surface area contributed by atoms with E-state index in [9.17, 15) is 4.79 Å². The molecule has 1 aromatic carbocycles. The molecule has 0 bridgehead atoms. The molecule has 0 aliphatic carbocycles. The lowest BCUT2D eigenvalue weighted by atomic mass is 10.1. The zero-order valence-electron chi connectivity index (χ0n) is 11.8. The van der Waals surface area contributed by atoms with Gasteiger partial charge in [0.15, 0.2) is 0 Å². The maximum atomic E-state index is 11.4. The molecular formula is C16H15N5O. The third kappa shape index (κ3) is 2.80. The fourth-order valence-electron chi connectivity index (χ4n) is 2.25. The summed E-state index contributed by atoms with van der Waals surface area (Å²) in [5.74, 6) is -0.501. The largest absolute Gasteiger partial charge is 0.380 e. The van der Waals surface area contributed by atoms with Crippen LogP contribution in [0.15, 0.2) is 61.4 Å². The van der Waals surface area contributed by atoms with Crippen LogP contribution in [-0.4, -0.2) is 20.4 Å². The van der Waals surface area contributed by atoms with Crippen LogP contribution in [0.3, 0.4) is 0 Å². The maximum Gasteiger partial charge on any atom is 0.252 e. The standard InChI is InChI=1S/C16H15N5O/c17-16(22)13-10-18-6-5-14(13)20-9-12-3-1-2-4-15(12)21-8-7-19-11-21/h1-8,10-11H,9H2,(H2,17,22)(H,18,20). The second-order valence-electron chi connectivity index (χ2n) is 4.74. The topological polar surface area (TPSA) is 85.8 Å². The normalized spacial score (nSPS) is 10.4. The zero-order chi connectivity index (χ0) is 15.4. The van der Waals surface area contributed by atoms with Crippen LogP contribution in [0.4, 0.5) is 5.69 Å². The Bertz CT molecular complexity index is 783. The van der Waals surface area contributed by atoms with E-state index in [1.165, 1.54) is 6.20 Å². The van der Waals surface area contributed by atoms with Crippen LogP contribution in [0.1, 0.15) is 15.9 Å². The van der Waals surface area contributed by atoms with Crippen molar-refractivity contribution in [3.63, 3.8) is 0 Å². The van der Waals surface area contributed by atoms with E-state index in [2.05, 4.69) is 15.3 Å². The predicted molar refractivity (Wildman–Crippen MR) is 83.6 cm³/mol. The average molecular weight is 293 g/mol. The van der Waals surface area contributed by atoms with E-state index >= 15 is 0 Å². The van der Waals surface area contributed by atoms with E-state index in [4.69, 9.17) is 5.73 Å². The predicted octanol–water partition coefficient (Wildman–Crippen LogP) is 1.98. The monoisotopic (exact) mass is 293 g/mol. The number of nitrogens with one attached hydrogen (secondary N) is 1. The van der Waals surface area contributed by atoms with Crippen LogP contribution in [-0.2, 0) is 6.54 Å². The summed E-state index contributed by atoms with van der Waals surface area (Å²) in [6, 6.07) is 9.71. The Hall–Kier alpha value is -3.15. The van der Waals surface area contributed by atoms with Crippen molar-refractivity contribution >= 4 is 11.6 Å². The Morgan fingerprint density at radius 2 is 2.05 bits per heavy atom. The van der Waals surface area contributed by atoms with E-state index < -0.39 is 5.91 Å². The number of aromatic nitrogens is 3. The van der Waals surface area contributed by atoms with Gasteiger partial charge in [0.25, 0.3) is 5.91 Å². The van der Waals surface area contributed by atoms with E-state index in [1.54, 1.807) is 24.8 Å². The molecule has 2 aromatic heterocycles. The molecule has 0 radical (unpaired) electrons. The van der Waals surface area contributed by atoms with Crippen LogP contribution in [0.25, 0.3) is 5.69 Å². The number of primary amides is 1. The second-order valence-corrected chi connectivity index (χ2v) is 4.74. The number of amides is 1. The smallest absolute Gasteiger partial charge is 0.252 e. The molecule has 0 unspecified atom stereocenters. The van der Waals surface area contributed by atoms with Gasteiger partial charge in [0, 0.05) is 31.3 Å². The van der Waals surface area contributed by atoms with Crippen molar-refractivity contribution in [2.45, 2.75) is 6.54 Å². The quantitative estimate of drug-likeness (QED) is 0.753. The van der Waals surface area contributed by atoms with Crippen LogP contribution < -0.4 is 11.1 Å². The van der Waals surface area contributed by atoms with Crippen LogP contribution in [0.2, 0.25) is 0 Å². The molecule has 6 heteroatoms.